The standard InChI is InChI=1S/C22H29ClN2O2/c1-17-3-2-4-22(13-17)27-16-21(26)14-24-20-9-11-25(12-10-20)15-18-5-7-19(23)8-6-18/h2-8,13,20-21,24,26H,9-12,14-16H2,1H3. The molecular formula is C22H29ClN2O2. The molecular weight excluding hydrogens is 360 g/mol. The van der Waals surface area contributed by atoms with Crippen molar-refractivity contribution in [2.75, 3.05) is 26.2 Å². The number of ether oxygens (including phenoxy) is 1. The van der Waals surface area contributed by atoms with Crippen LogP contribution in [0.3, 0.4) is 0 Å². The van der Waals surface area contributed by atoms with Crippen molar-refractivity contribution < 1.29 is 9.84 Å². The summed E-state index contributed by atoms with van der Waals surface area (Å²) in [5.74, 6) is 0.810. The third kappa shape index (κ3) is 6.82. The summed E-state index contributed by atoms with van der Waals surface area (Å²) < 4.78 is 5.67. The number of aliphatic hydroxyl groups excluding tert-OH is 1. The highest BCUT2D eigenvalue weighted by Crippen LogP contribution is 2.16. The van der Waals surface area contributed by atoms with E-state index in [1.165, 1.54) is 5.56 Å². The minimum atomic E-state index is -0.502. The van der Waals surface area contributed by atoms with Gasteiger partial charge in [0, 0.05) is 24.2 Å². The number of rotatable bonds is 8. The predicted octanol–water partition coefficient (Wildman–Crippen LogP) is 3.64. The number of hydrogen-bond acceptors (Lipinski definition) is 4. The molecule has 2 aromatic rings. The van der Waals surface area contributed by atoms with Crippen molar-refractivity contribution >= 4 is 11.6 Å². The van der Waals surface area contributed by atoms with Crippen LogP contribution >= 0.6 is 11.6 Å². The maximum absolute atomic E-state index is 10.2. The van der Waals surface area contributed by atoms with Gasteiger partial charge in [0.25, 0.3) is 0 Å². The number of piperidine rings is 1. The summed E-state index contributed by atoms with van der Waals surface area (Å²) in [6, 6.07) is 16.4. The lowest BCUT2D eigenvalue weighted by Crippen LogP contribution is -2.45. The number of likely N-dealkylation sites (tertiary alicyclic amines) is 1. The van der Waals surface area contributed by atoms with Crippen LogP contribution in [0.5, 0.6) is 5.75 Å². The zero-order valence-electron chi connectivity index (χ0n) is 15.9. The fourth-order valence-electron chi connectivity index (χ4n) is 3.40. The Morgan fingerprint density at radius 3 is 2.63 bits per heavy atom. The molecule has 1 aliphatic heterocycles. The van der Waals surface area contributed by atoms with Gasteiger partial charge in [-0.3, -0.25) is 4.90 Å². The van der Waals surface area contributed by atoms with Gasteiger partial charge in [0.05, 0.1) is 0 Å². The van der Waals surface area contributed by atoms with E-state index in [1.54, 1.807) is 0 Å². The number of aliphatic hydroxyl groups is 1. The van der Waals surface area contributed by atoms with Crippen LogP contribution < -0.4 is 10.1 Å². The first kappa shape index (κ1) is 20.2. The van der Waals surface area contributed by atoms with Crippen LogP contribution in [0.15, 0.2) is 48.5 Å². The number of benzene rings is 2. The molecule has 1 unspecified atom stereocenters. The molecule has 0 bridgehead atoms. The summed E-state index contributed by atoms with van der Waals surface area (Å²) in [7, 11) is 0. The Balaban J connectivity index is 1.32. The lowest BCUT2D eigenvalue weighted by molar-refractivity contribution is 0.0979. The topological polar surface area (TPSA) is 44.7 Å². The average Bonchev–Trinajstić information content (AvgIpc) is 2.68. The van der Waals surface area contributed by atoms with Gasteiger partial charge in [-0.05, 0) is 68.2 Å². The SMILES string of the molecule is Cc1cccc(OCC(O)CNC2CCN(Cc3ccc(Cl)cc3)CC2)c1. The molecule has 1 atom stereocenters. The van der Waals surface area contributed by atoms with E-state index >= 15 is 0 Å². The maximum Gasteiger partial charge on any atom is 0.119 e. The molecule has 5 heteroatoms. The first-order valence-electron chi connectivity index (χ1n) is 9.66. The molecule has 0 spiro atoms. The number of nitrogens with one attached hydrogen (secondary N) is 1. The maximum atomic E-state index is 10.2. The van der Waals surface area contributed by atoms with Crippen molar-refractivity contribution in [3.8, 4) is 5.75 Å². The van der Waals surface area contributed by atoms with Gasteiger partial charge in [0.2, 0.25) is 0 Å². The quantitative estimate of drug-likeness (QED) is 0.724. The van der Waals surface area contributed by atoms with E-state index in [1.807, 2.05) is 43.3 Å². The number of halogens is 1. The van der Waals surface area contributed by atoms with Crippen LogP contribution in [0.1, 0.15) is 24.0 Å². The highest BCUT2D eigenvalue weighted by atomic mass is 35.5. The minimum absolute atomic E-state index is 0.311. The number of hydrogen-bond donors (Lipinski definition) is 2. The Hall–Kier alpha value is -1.59. The third-order valence-corrected chi connectivity index (χ3v) is 5.23. The van der Waals surface area contributed by atoms with E-state index in [2.05, 4.69) is 22.3 Å². The molecule has 1 fully saturated rings. The monoisotopic (exact) mass is 388 g/mol. The van der Waals surface area contributed by atoms with Crippen LogP contribution in [-0.4, -0.2) is 48.4 Å². The molecule has 0 amide bonds. The molecule has 3 rings (SSSR count). The summed E-state index contributed by atoms with van der Waals surface area (Å²) in [5, 5.41) is 14.4. The van der Waals surface area contributed by atoms with Gasteiger partial charge in [0.1, 0.15) is 18.5 Å². The van der Waals surface area contributed by atoms with Gasteiger partial charge in [-0.25, -0.2) is 0 Å². The van der Waals surface area contributed by atoms with Crippen molar-refractivity contribution in [1.29, 1.82) is 0 Å². The van der Waals surface area contributed by atoms with Crippen LogP contribution in [0.25, 0.3) is 0 Å². The highest BCUT2D eigenvalue weighted by Gasteiger charge is 2.19. The summed E-state index contributed by atoms with van der Waals surface area (Å²) in [6.45, 7) is 6.01. The third-order valence-electron chi connectivity index (χ3n) is 4.98. The normalized spacial score (nSPS) is 17.0. The molecule has 2 aromatic carbocycles. The Morgan fingerprint density at radius 2 is 1.93 bits per heavy atom. The summed E-state index contributed by atoms with van der Waals surface area (Å²) in [6.07, 6.45) is 1.69. The smallest absolute Gasteiger partial charge is 0.119 e. The lowest BCUT2D eigenvalue weighted by Gasteiger charge is -2.33. The molecule has 2 N–H and O–H groups in total. The van der Waals surface area contributed by atoms with Crippen molar-refractivity contribution in [3.63, 3.8) is 0 Å². The largest absolute Gasteiger partial charge is 0.491 e. The fraction of sp³-hybridized carbons (Fsp3) is 0.455. The van der Waals surface area contributed by atoms with Crippen molar-refractivity contribution in [2.24, 2.45) is 0 Å². The zero-order chi connectivity index (χ0) is 19.1. The second-order valence-electron chi connectivity index (χ2n) is 7.37. The molecule has 4 nitrogen and oxygen atoms in total. The Bertz CT molecular complexity index is 700. The van der Waals surface area contributed by atoms with E-state index < -0.39 is 6.10 Å². The molecule has 1 heterocycles. The zero-order valence-corrected chi connectivity index (χ0v) is 16.7. The molecule has 27 heavy (non-hydrogen) atoms. The first-order chi connectivity index (χ1) is 13.1. The fourth-order valence-corrected chi connectivity index (χ4v) is 3.53. The number of nitrogens with zero attached hydrogens (tertiary/aromatic N) is 1. The van der Waals surface area contributed by atoms with Gasteiger partial charge < -0.3 is 15.2 Å². The Kier molecular flexibility index (Phi) is 7.53. The molecule has 0 radical (unpaired) electrons. The minimum Gasteiger partial charge on any atom is -0.491 e. The van der Waals surface area contributed by atoms with Gasteiger partial charge >= 0.3 is 0 Å². The van der Waals surface area contributed by atoms with Crippen LogP contribution in [0.4, 0.5) is 0 Å². The van der Waals surface area contributed by atoms with E-state index in [0.717, 1.165) is 48.8 Å². The van der Waals surface area contributed by atoms with E-state index in [0.29, 0.717) is 19.2 Å². The van der Waals surface area contributed by atoms with E-state index in [9.17, 15) is 5.11 Å². The van der Waals surface area contributed by atoms with Crippen LogP contribution in [0, 0.1) is 6.92 Å². The second-order valence-corrected chi connectivity index (χ2v) is 7.80. The molecule has 0 aliphatic carbocycles. The highest BCUT2D eigenvalue weighted by molar-refractivity contribution is 6.30. The van der Waals surface area contributed by atoms with Gasteiger partial charge in [0.15, 0.2) is 0 Å². The van der Waals surface area contributed by atoms with E-state index in [-0.39, 0.29) is 0 Å². The predicted molar refractivity (Wildman–Crippen MR) is 110 cm³/mol. The van der Waals surface area contributed by atoms with Crippen molar-refractivity contribution in [3.05, 3.63) is 64.7 Å². The number of aryl methyl sites for hydroxylation is 1. The molecule has 1 saturated heterocycles. The summed E-state index contributed by atoms with van der Waals surface area (Å²) in [5.41, 5.74) is 2.46. The molecule has 0 aromatic heterocycles. The molecule has 0 saturated carbocycles. The lowest BCUT2D eigenvalue weighted by atomic mass is 10.0. The van der Waals surface area contributed by atoms with Crippen LogP contribution in [-0.2, 0) is 6.54 Å². The summed E-state index contributed by atoms with van der Waals surface area (Å²) >= 11 is 5.95. The van der Waals surface area contributed by atoms with Crippen molar-refractivity contribution in [1.82, 2.24) is 10.2 Å². The molecule has 146 valence electrons. The second kappa shape index (κ2) is 10.1. The molecule has 1 aliphatic rings. The Labute approximate surface area is 167 Å². The summed E-state index contributed by atoms with van der Waals surface area (Å²) in [4.78, 5) is 2.47. The first-order valence-corrected chi connectivity index (χ1v) is 10.0. The van der Waals surface area contributed by atoms with Gasteiger partial charge in [-0.1, -0.05) is 35.9 Å². The van der Waals surface area contributed by atoms with Gasteiger partial charge in [-0.15, -0.1) is 0 Å². The van der Waals surface area contributed by atoms with Gasteiger partial charge in [-0.2, -0.15) is 0 Å². The van der Waals surface area contributed by atoms with Crippen LogP contribution in [0.2, 0.25) is 5.02 Å². The average molecular weight is 389 g/mol. The Morgan fingerprint density at radius 1 is 1.19 bits per heavy atom. The van der Waals surface area contributed by atoms with E-state index in [4.69, 9.17) is 16.3 Å². The van der Waals surface area contributed by atoms with Crippen molar-refractivity contribution in [2.45, 2.75) is 38.5 Å².